The van der Waals surface area contributed by atoms with E-state index in [9.17, 15) is 23.5 Å². The van der Waals surface area contributed by atoms with E-state index in [1.165, 1.54) is 30.5 Å². The lowest BCUT2D eigenvalue weighted by molar-refractivity contribution is -0.0650. The van der Waals surface area contributed by atoms with Gasteiger partial charge in [-0.2, -0.15) is 4.98 Å². The molecule has 3 rings (SSSR count). The Morgan fingerprint density at radius 1 is 1.36 bits per heavy atom. The number of aliphatic hydroxyl groups excluding tert-OH is 1. The van der Waals surface area contributed by atoms with Gasteiger partial charge < -0.3 is 20.1 Å². The molecule has 3 N–H and O–H groups in total. The van der Waals surface area contributed by atoms with E-state index in [4.69, 9.17) is 16.3 Å². The molecule has 1 aliphatic carbocycles. The van der Waals surface area contributed by atoms with Crippen molar-refractivity contribution in [3.05, 3.63) is 51.5 Å². The van der Waals surface area contributed by atoms with Gasteiger partial charge in [0.15, 0.2) is 0 Å². The first-order chi connectivity index (χ1) is 13.2. The second-order valence-corrected chi connectivity index (χ2v) is 7.00. The van der Waals surface area contributed by atoms with E-state index in [0.717, 1.165) is 0 Å². The molecule has 0 bridgehead atoms. The quantitative estimate of drug-likeness (QED) is 0.653. The van der Waals surface area contributed by atoms with Crippen molar-refractivity contribution in [2.45, 2.75) is 37.8 Å². The number of rotatable bonds is 5. The molecule has 1 aliphatic rings. The average Bonchev–Trinajstić information content (AvgIpc) is 2.63. The van der Waals surface area contributed by atoms with E-state index in [0.29, 0.717) is 0 Å². The Labute approximate surface area is 163 Å². The van der Waals surface area contributed by atoms with Crippen molar-refractivity contribution in [1.82, 2.24) is 15.3 Å². The fourth-order valence-electron chi connectivity index (χ4n) is 2.98. The zero-order chi connectivity index (χ0) is 20.3. The minimum atomic E-state index is -2.72. The third kappa shape index (κ3) is 5.05. The van der Waals surface area contributed by atoms with Gasteiger partial charge in [-0.3, -0.25) is 4.79 Å². The zero-order valence-corrected chi connectivity index (χ0v) is 15.4. The molecule has 0 spiro atoms. The van der Waals surface area contributed by atoms with Crippen LogP contribution in [-0.4, -0.2) is 33.1 Å². The molecule has 1 unspecified atom stereocenters. The van der Waals surface area contributed by atoms with Gasteiger partial charge in [-0.1, -0.05) is 11.6 Å². The number of aromatic nitrogens is 2. The minimum absolute atomic E-state index is 0.0283. The highest BCUT2D eigenvalue weighted by molar-refractivity contribution is 6.33. The molecule has 0 saturated heterocycles. The lowest BCUT2D eigenvalue weighted by Crippen LogP contribution is -2.42. The number of hydrogen-bond acceptors (Lipinski definition) is 5. The number of aromatic amines is 1. The molecule has 7 nitrogen and oxygen atoms in total. The van der Waals surface area contributed by atoms with Crippen LogP contribution in [0.1, 0.15) is 36.0 Å². The highest BCUT2D eigenvalue weighted by Gasteiger charge is 2.37. The van der Waals surface area contributed by atoms with Crippen LogP contribution in [-0.2, 0) is 0 Å². The maximum atomic E-state index is 13.2. The number of halogens is 3. The van der Waals surface area contributed by atoms with Gasteiger partial charge in [0.25, 0.3) is 5.91 Å². The van der Waals surface area contributed by atoms with Crippen molar-refractivity contribution in [3.8, 4) is 11.6 Å². The van der Waals surface area contributed by atoms with Gasteiger partial charge in [0.05, 0.1) is 10.6 Å². The lowest BCUT2D eigenvalue weighted by Gasteiger charge is -2.31. The largest absolute Gasteiger partial charge is 0.439 e. The number of H-pyrrole nitrogens is 1. The third-order valence-corrected chi connectivity index (χ3v) is 4.87. The zero-order valence-electron chi connectivity index (χ0n) is 14.6. The molecule has 1 heterocycles. The summed E-state index contributed by atoms with van der Waals surface area (Å²) in [6, 6.07) is 5.68. The summed E-state index contributed by atoms with van der Waals surface area (Å²) < 4.78 is 31.9. The van der Waals surface area contributed by atoms with E-state index < -0.39 is 29.7 Å². The standard InChI is InChI=1S/C18H18ClF2N3O4/c19-13-2-1-11(28-14-5-8-22-17(27)23-14)9-12(13)16(26)24-15(25)10-3-6-18(20,21)7-4-10/h1-2,5,8-10,15,25H,3-4,6-7H2,(H,24,26)(H,22,23,27). The van der Waals surface area contributed by atoms with Crippen LogP contribution in [0, 0.1) is 5.92 Å². The van der Waals surface area contributed by atoms with Crippen molar-refractivity contribution in [2.75, 3.05) is 0 Å². The molecule has 150 valence electrons. The average molecular weight is 414 g/mol. The maximum absolute atomic E-state index is 13.2. The van der Waals surface area contributed by atoms with Crippen molar-refractivity contribution >= 4 is 17.5 Å². The van der Waals surface area contributed by atoms with Crippen LogP contribution in [0.4, 0.5) is 8.78 Å². The summed E-state index contributed by atoms with van der Waals surface area (Å²) in [4.78, 5) is 29.7. The monoisotopic (exact) mass is 413 g/mol. The molecule has 1 amide bonds. The second kappa shape index (κ2) is 8.24. The fraction of sp³-hybridized carbons (Fsp3) is 0.389. The molecular weight excluding hydrogens is 396 g/mol. The van der Waals surface area contributed by atoms with Gasteiger partial charge in [-0.25, -0.2) is 13.6 Å². The second-order valence-electron chi connectivity index (χ2n) is 6.59. The molecule has 1 aromatic carbocycles. The van der Waals surface area contributed by atoms with E-state index in [1.807, 2.05) is 0 Å². The van der Waals surface area contributed by atoms with Gasteiger partial charge in [0.1, 0.15) is 12.0 Å². The fourth-order valence-corrected chi connectivity index (χ4v) is 3.18. The normalized spacial score (nSPS) is 17.7. The number of aliphatic hydroxyl groups is 1. The molecule has 2 aromatic rings. The number of nitrogens with zero attached hydrogens (tertiary/aromatic N) is 1. The molecule has 1 fully saturated rings. The molecule has 1 atom stereocenters. The number of benzene rings is 1. The van der Waals surface area contributed by atoms with Crippen molar-refractivity contribution in [2.24, 2.45) is 5.92 Å². The van der Waals surface area contributed by atoms with Crippen LogP contribution in [0.3, 0.4) is 0 Å². The van der Waals surface area contributed by atoms with Crippen molar-refractivity contribution in [1.29, 1.82) is 0 Å². The van der Waals surface area contributed by atoms with Crippen LogP contribution in [0.2, 0.25) is 5.02 Å². The summed E-state index contributed by atoms with van der Waals surface area (Å²) in [6.45, 7) is 0. The Morgan fingerprint density at radius 3 is 2.75 bits per heavy atom. The number of amides is 1. The maximum Gasteiger partial charge on any atom is 0.348 e. The van der Waals surface area contributed by atoms with Crippen molar-refractivity contribution < 1.29 is 23.4 Å². The first kappa shape index (κ1) is 20.2. The third-order valence-electron chi connectivity index (χ3n) is 4.54. The summed E-state index contributed by atoms with van der Waals surface area (Å²) in [5, 5.41) is 12.7. The van der Waals surface area contributed by atoms with Crippen LogP contribution < -0.4 is 15.7 Å². The van der Waals surface area contributed by atoms with Crippen LogP contribution in [0.15, 0.2) is 35.3 Å². The predicted octanol–water partition coefficient (Wildman–Crippen LogP) is 3.09. The van der Waals surface area contributed by atoms with Gasteiger partial charge in [0, 0.05) is 31.0 Å². The SMILES string of the molecule is O=C(NC(O)C1CCC(F)(F)CC1)c1cc(Oc2cc[nH]c(=O)n2)ccc1Cl. The number of alkyl halides is 2. The summed E-state index contributed by atoms with van der Waals surface area (Å²) >= 11 is 6.06. The first-order valence-corrected chi connectivity index (χ1v) is 9.01. The van der Waals surface area contributed by atoms with E-state index >= 15 is 0 Å². The topological polar surface area (TPSA) is 104 Å². The molecule has 0 radical (unpaired) electrons. The number of hydrogen-bond donors (Lipinski definition) is 3. The highest BCUT2D eigenvalue weighted by Crippen LogP contribution is 2.37. The van der Waals surface area contributed by atoms with E-state index in [-0.39, 0.29) is 47.9 Å². The Balaban J connectivity index is 1.68. The Morgan fingerprint density at radius 2 is 2.07 bits per heavy atom. The molecular formula is C18H18ClF2N3O4. The predicted molar refractivity (Wildman–Crippen MR) is 96.8 cm³/mol. The Kier molecular flexibility index (Phi) is 5.95. The summed E-state index contributed by atoms with van der Waals surface area (Å²) in [7, 11) is 0. The summed E-state index contributed by atoms with van der Waals surface area (Å²) in [5.41, 5.74) is -0.560. The molecule has 1 saturated carbocycles. The molecule has 28 heavy (non-hydrogen) atoms. The minimum Gasteiger partial charge on any atom is -0.439 e. The van der Waals surface area contributed by atoms with Gasteiger partial charge in [-0.05, 0) is 31.0 Å². The summed E-state index contributed by atoms with van der Waals surface area (Å²) in [5.74, 6) is -3.61. The summed E-state index contributed by atoms with van der Waals surface area (Å²) in [6.07, 6.45) is -0.328. The smallest absolute Gasteiger partial charge is 0.348 e. The van der Waals surface area contributed by atoms with Gasteiger partial charge in [-0.15, -0.1) is 0 Å². The highest BCUT2D eigenvalue weighted by atomic mass is 35.5. The van der Waals surface area contributed by atoms with Crippen molar-refractivity contribution in [3.63, 3.8) is 0 Å². The number of carbonyl (C=O) groups excluding carboxylic acids is 1. The number of carbonyl (C=O) groups is 1. The van der Waals surface area contributed by atoms with Gasteiger partial charge in [0.2, 0.25) is 11.8 Å². The molecule has 0 aliphatic heterocycles. The van der Waals surface area contributed by atoms with Crippen LogP contribution >= 0.6 is 11.6 Å². The Bertz CT molecular complexity index is 912. The lowest BCUT2D eigenvalue weighted by atomic mass is 9.85. The molecule has 10 heteroatoms. The Hall–Kier alpha value is -2.52. The first-order valence-electron chi connectivity index (χ1n) is 8.63. The van der Waals surface area contributed by atoms with E-state index in [2.05, 4.69) is 15.3 Å². The van der Waals surface area contributed by atoms with Crippen LogP contribution in [0.5, 0.6) is 11.6 Å². The number of nitrogens with one attached hydrogen (secondary N) is 2. The van der Waals surface area contributed by atoms with Gasteiger partial charge >= 0.3 is 5.69 Å². The molecule has 1 aromatic heterocycles. The van der Waals surface area contributed by atoms with E-state index in [1.54, 1.807) is 0 Å². The van der Waals surface area contributed by atoms with Crippen LogP contribution in [0.25, 0.3) is 0 Å². The number of ether oxygens (including phenoxy) is 1.